The minimum atomic E-state index is -0.272. The minimum Gasteiger partial charge on any atom is -0.495 e. The van der Waals surface area contributed by atoms with Crippen LogP contribution in [0.3, 0.4) is 0 Å². The molecule has 4 rings (SSSR count). The van der Waals surface area contributed by atoms with Gasteiger partial charge in [-0.15, -0.1) is 0 Å². The number of hydrogen-bond donors (Lipinski definition) is 0. The number of piperazine rings is 1. The van der Waals surface area contributed by atoms with Crippen LogP contribution in [0.2, 0.25) is 0 Å². The Morgan fingerprint density at radius 3 is 2.45 bits per heavy atom. The van der Waals surface area contributed by atoms with Crippen molar-refractivity contribution in [3.63, 3.8) is 0 Å². The van der Waals surface area contributed by atoms with Gasteiger partial charge in [-0.1, -0.05) is 18.2 Å². The van der Waals surface area contributed by atoms with E-state index in [-0.39, 0.29) is 24.4 Å². The summed E-state index contributed by atoms with van der Waals surface area (Å²) in [4.78, 5) is 24.5. The van der Waals surface area contributed by atoms with Crippen LogP contribution < -0.4 is 14.5 Å². The van der Waals surface area contributed by atoms with Crippen LogP contribution in [0.4, 0.5) is 15.9 Å². The average Bonchev–Trinajstić information content (AvgIpc) is 2.89. The van der Waals surface area contributed by atoms with Crippen LogP contribution >= 0.6 is 0 Å². The smallest absolute Gasteiger partial charge is 0.231 e. The highest BCUT2D eigenvalue weighted by Crippen LogP contribution is 2.31. The number of nitrogens with zero attached hydrogens (tertiary/aromatic N) is 4. The maximum Gasteiger partial charge on any atom is 0.231 e. The molecule has 0 atom stereocenters. The van der Waals surface area contributed by atoms with Gasteiger partial charge in [0.25, 0.3) is 0 Å². The van der Waals surface area contributed by atoms with Gasteiger partial charge in [0.2, 0.25) is 5.91 Å². The third-order valence-corrected chi connectivity index (χ3v) is 7.04. The van der Waals surface area contributed by atoms with Gasteiger partial charge < -0.3 is 9.64 Å². The molecule has 0 bridgehead atoms. The number of aromatic nitrogens is 1. The fourth-order valence-electron chi connectivity index (χ4n) is 4.98. The lowest BCUT2D eigenvalue weighted by molar-refractivity contribution is -0.123. The zero-order valence-corrected chi connectivity index (χ0v) is 19.5. The van der Waals surface area contributed by atoms with Crippen LogP contribution in [0.15, 0.2) is 48.7 Å². The van der Waals surface area contributed by atoms with Crippen molar-refractivity contribution >= 4 is 17.4 Å². The number of carbonyl (C=O) groups excluding carboxylic acids is 1. The molecule has 2 aromatic rings. The van der Waals surface area contributed by atoms with Crippen LogP contribution in [0.25, 0.3) is 0 Å². The second kappa shape index (κ2) is 11.5. The summed E-state index contributed by atoms with van der Waals surface area (Å²) in [6, 6.07) is 13.8. The fraction of sp³-hybridized carbons (Fsp3) is 0.538. The van der Waals surface area contributed by atoms with Gasteiger partial charge in [0, 0.05) is 51.4 Å². The number of hydrogen-bond acceptors (Lipinski definition) is 5. The number of pyridine rings is 1. The molecule has 6 nitrogen and oxygen atoms in total. The molecule has 178 valence electrons. The van der Waals surface area contributed by atoms with E-state index in [2.05, 4.69) is 20.9 Å². The van der Waals surface area contributed by atoms with E-state index < -0.39 is 0 Å². The van der Waals surface area contributed by atoms with Crippen LogP contribution in [-0.2, 0) is 4.79 Å². The van der Waals surface area contributed by atoms with E-state index in [1.165, 1.54) is 0 Å². The van der Waals surface area contributed by atoms with Gasteiger partial charge in [-0.25, -0.2) is 4.98 Å². The van der Waals surface area contributed by atoms with Gasteiger partial charge in [0.15, 0.2) is 0 Å². The second-order valence-electron chi connectivity index (χ2n) is 9.05. The van der Waals surface area contributed by atoms with Gasteiger partial charge in [-0.2, -0.15) is 0 Å². The van der Waals surface area contributed by atoms with Gasteiger partial charge in [-0.05, 0) is 55.9 Å². The van der Waals surface area contributed by atoms with Crippen molar-refractivity contribution < 1.29 is 13.9 Å². The number of methoxy groups -OCH3 is 1. The molecule has 1 aliphatic carbocycles. The quantitative estimate of drug-likeness (QED) is 0.604. The van der Waals surface area contributed by atoms with E-state index in [9.17, 15) is 9.18 Å². The number of carbonyl (C=O) groups is 1. The number of halogens is 1. The normalized spacial score (nSPS) is 21.6. The van der Waals surface area contributed by atoms with Gasteiger partial charge in [0.1, 0.15) is 11.6 Å². The van der Waals surface area contributed by atoms with Gasteiger partial charge in [-0.3, -0.25) is 19.0 Å². The molecule has 1 aliphatic heterocycles. The number of benzene rings is 1. The van der Waals surface area contributed by atoms with Crippen molar-refractivity contribution in [3.05, 3.63) is 48.7 Å². The molecule has 2 aliphatic rings. The van der Waals surface area contributed by atoms with Crippen LogP contribution in [0.1, 0.15) is 25.7 Å². The van der Waals surface area contributed by atoms with Gasteiger partial charge in [0.05, 0.1) is 19.5 Å². The Morgan fingerprint density at radius 2 is 1.79 bits per heavy atom. The van der Waals surface area contributed by atoms with Crippen molar-refractivity contribution in [2.45, 2.75) is 25.7 Å². The number of amides is 1. The summed E-state index contributed by atoms with van der Waals surface area (Å²) in [5.41, 5.74) is 1.13. The van der Waals surface area contributed by atoms with E-state index in [4.69, 9.17) is 4.74 Å². The third-order valence-electron chi connectivity index (χ3n) is 7.04. The lowest BCUT2D eigenvalue weighted by Crippen LogP contribution is -2.50. The first-order chi connectivity index (χ1) is 16.2. The summed E-state index contributed by atoms with van der Waals surface area (Å²) in [7, 11) is 1.71. The number of para-hydroxylation sites is 2. The van der Waals surface area contributed by atoms with Crippen molar-refractivity contribution in [1.29, 1.82) is 0 Å². The molecule has 1 aromatic heterocycles. The first-order valence-corrected chi connectivity index (χ1v) is 12.1. The summed E-state index contributed by atoms with van der Waals surface area (Å²) >= 11 is 0. The Balaban J connectivity index is 1.35. The van der Waals surface area contributed by atoms with E-state index in [0.717, 1.165) is 69.8 Å². The van der Waals surface area contributed by atoms with E-state index >= 15 is 0 Å². The minimum absolute atomic E-state index is 0.0304. The predicted octanol–water partition coefficient (Wildman–Crippen LogP) is 4.02. The molecule has 7 heteroatoms. The highest BCUT2D eigenvalue weighted by molar-refractivity contribution is 5.94. The Bertz CT molecular complexity index is 881. The first-order valence-electron chi connectivity index (χ1n) is 12.1. The summed E-state index contributed by atoms with van der Waals surface area (Å²) in [6.07, 6.45) is 4.88. The lowest BCUT2D eigenvalue weighted by atomic mass is 9.82. The summed E-state index contributed by atoms with van der Waals surface area (Å²) in [5.74, 6) is 1.84. The summed E-state index contributed by atoms with van der Waals surface area (Å²) < 4.78 is 18.5. The van der Waals surface area contributed by atoms with Gasteiger partial charge >= 0.3 is 0 Å². The molecule has 0 radical (unpaired) electrons. The number of ether oxygens (including phenoxy) is 1. The van der Waals surface area contributed by atoms with E-state index in [1.54, 1.807) is 13.3 Å². The zero-order valence-electron chi connectivity index (χ0n) is 19.5. The van der Waals surface area contributed by atoms with E-state index in [0.29, 0.717) is 12.4 Å². The van der Waals surface area contributed by atoms with Crippen molar-refractivity contribution in [2.75, 3.05) is 62.9 Å². The second-order valence-corrected chi connectivity index (χ2v) is 9.05. The number of anilines is 2. The maximum atomic E-state index is 13.4. The predicted molar refractivity (Wildman–Crippen MR) is 130 cm³/mol. The van der Waals surface area contributed by atoms with E-state index in [1.807, 2.05) is 41.3 Å². The van der Waals surface area contributed by atoms with Crippen molar-refractivity contribution in [1.82, 2.24) is 9.88 Å². The molecular formula is C26H35FN4O2. The van der Waals surface area contributed by atoms with Crippen LogP contribution in [0, 0.1) is 11.8 Å². The highest BCUT2D eigenvalue weighted by atomic mass is 19.1. The molecule has 2 heterocycles. The molecular weight excluding hydrogens is 418 g/mol. The maximum absolute atomic E-state index is 13.4. The number of rotatable bonds is 8. The molecule has 1 aromatic carbocycles. The first kappa shape index (κ1) is 23.5. The SMILES string of the molecule is [11CH3]Oc1ccccc1N1CCN(CCN(C(=O)C2CCC(CF)CC2)c2ccccn2)CC1. The molecule has 33 heavy (non-hydrogen) atoms. The Labute approximate surface area is 196 Å². The van der Waals surface area contributed by atoms with Crippen LogP contribution in [-0.4, -0.2) is 68.8 Å². The highest BCUT2D eigenvalue weighted by Gasteiger charge is 2.31. The molecule has 1 saturated carbocycles. The van der Waals surface area contributed by atoms with Crippen molar-refractivity contribution in [3.8, 4) is 5.75 Å². The molecule has 0 unspecified atom stereocenters. The Hall–Kier alpha value is -2.67. The fourth-order valence-corrected chi connectivity index (χ4v) is 4.98. The molecule has 1 amide bonds. The third kappa shape index (κ3) is 5.82. The molecule has 2 fully saturated rings. The largest absolute Gasteiger partial charge is 0.495 e. The topological polar surface area (TPSA) is 48.9 Å². The Morgan fingerprint density at radius 1 is 1.06 bits per heavy atom. The van der Waals surface area contributed by atoms with Crippen LogP contribution in [0.5, 0.6) is 5.75 Å². The lowest BCUT2D eigenvalue weighted by Gasteiger charge is -2.38. The molecule has 0 spiro atoms. The summed E-state index contributed by atoms with van der Waals surface area (Å²) in [6.45, 7) is 4.87. The average molecular weight is 454 g/mol. The summed E-state index contributed by atoms with van der Waals surface area (Å²) in [5, 5.41) is 0. The zero-order chi connectivity index (χ0) is 23.0. The molecule has 1 saturated heterocycles. The Kier molecular flexibility index (Phi) is 8.15. The van der Waals surface area contributed by atoms with Crippen molar-refractivity contribution in [2.24, 2.45) is 11.8 Å². The number of alkyl halides is 1. The monoisotopic (exact) mass is 453 g/mol. The standard InChI is InChI=1S/C26H35FN4O2/c1-33-24-7-3-2-6-23(24)30-17-14-29(15-18-30)16-19-31(25-8-4-5-13-28-25)26(32)22-11-9-21(20-27)10-12-22/h2-8,13,21-22H,9-12,14-20H2,1H3/i1-1. The molecule has 0 N–H and O–H groups in total.